The molecule has 2 N–H and O–H groups in total. The second kappa shape index (κ2) is 8.43. The molecule has 1 heterocycles. The lowest BCUT2D eigenvalue weighted by Crippen LogP contribution is -2.15. The van der Waals surface area contributed by atoms with E-state index in [4.69, 9.17) is 0 Å². The molecule has 2 rings (SSSR count). The first-order valence-corrected chi connectivity index (χ1v) is 8.43. The van der Waals surface area contributed by atoms with Crippen LogP contribution < -0.4 is 10.6 Å². The molecule has 1 aromatic heterocycles. The molecule has 0 fully saturated rings. The molecule has 0 aliphatic rings. The van der Waals surface area contributed by atoms with Crippen molar-refractivity contribution in [2.45, 2.75) is 40.0 Å². The zero-order valence-electron chi connectivity index (χ0n) is 14.8. The molecule has 0 bridgehead atoms. The standard InChI is InChI=1S/C19H26N4O/c1-13(2)9-10-20-19-21-11-15(12-22-19)18(24)23-17-8-6-5-7-16(17)14(3)4/h5-8,11-14H,9-10H2,1-4H3,(H,23,24)(H,20,21,22). The third-order valence-corrected chi connectivity index (χ3v) is 3.75. The fourth-order valence-corrected chi connectivity index (χ4v) is 2.32. The first-order valence-electron chi connectivity index (χ1n) is 8.43. The van der Waals surface area contributed by atoms with E-state index in [-0.39, 0.29) is 5.91 Å². The molecule has 0 aliphatic heterocycles. The first kappa shape index (κ1) is 17.9. The number of para-hydroxylation sites is 1. The lowest BCUT2D eigenvalue weighted by molar-refractivity contribution is 0.102. The van der Waals surface area contributed by atoms with Gasteiger partial charge in [-0.3, -0.25) is 4.79 Å². The summed E-state index contributed by atoms with van der Waals surface area (Å²) in [7, 11) is 0. The van der Waals surface area contributed by atoms with Crippen LogP contribution in [0.3, 0.4) is 0 Å². The third kappa shape index (κ3) is 5.05. The Balaban J connectivity index is 2.00. The van der Waals surface area contributed by atoms with Gasteiger partial charge in [0, 0.05) is 24.6 Å². The van der Waals surface area contributed by atoms with Gasteiger partial charge in [-0.2, -0.15) is 0 Å². The van der Waals surface area contributed by atoms with Crippen LogP contribution in [0.1, 0.15) is 56.0 Å². The molecule has 0 atom stereocenters. The summed E-state index contributed by atoms with van der Waals surface area (Å²) in [6.07, 6.45) is 4.16. The molecular formula is C19H26N4O. The molecule has 0 saturated carbocycles. The molecular weight excluding hydrogens is 300 g/mol. The highest BCUT2D eigenvalue weighted by molar-refractivity contribution is 6.04. The molecule has 0 spiro atoms. The van der Waals surface area contributed by atoms with Crippen molar-refractivity contribution in [2.24, 2.45) is 5.92 Å². The SMILES string of the molecule is CC(C)CCNc1ncc(C(=O)Nc2ccccc2C(C)C)cn1. The predicted molar refractivity (Wildman–Crippen MR) is 98.5 cm³/mol. The summed E-state index contributed by atoms with van der Waals surface area (Å²) in [5, 5.41) is 6.11. The van der Waals surface area contributed by atoms with Crippen LogP contribution in [-0.4, -0.2) is 22.4 Å². The van der Waals surface area contributed by atoms with Crippen LogP contribution in [0, 0.1) is 5.92 Å². The molecule has 24 heavy (non-hydrogen) atoms. The maximum Gasteiger partial charge on any atom is 0.258 e. The predicted octanol–water partition coefficient (Wildman–Crippen LogP) is 4.31. The number of amides is 1. The number of hydrogen-bond acceptors (Lipinski definition) is 4. The van der Waals surface area contributed by atoms with Gasteiger partial charge in [0.25, 0.3) is 5.91 Å². The molecule has 5 nitrogen and oxygen atoms in total. The van der Waals surface area contributed by atoms with Crippen molar-refractivity contribution in [3.05, 3.63) is 47.8 Å². The zero-order chi connectivity index (χ0) is 17.5. The van der Waals surface area contributed by atoms with Gasteiger partial charge < -0.3 is 10.6 Å². The lowest BCUT2D eigenvalue weighted by atomic mass is 10.0. The third-order valence-electron chi connectivity index (χ3n) is 3.75. The van der Waals surface area contributed by atoms with Gasteiger partial charge in [-0.25, -0.2) is 9.97 Å². The summed E-state index contributed by atoms with van der Waals surface area (Å²) in [6, 6.07) is 7.83. The van der Waals surface area contributed by atoms with Crippen LogP contribution >= 0.6 is 0 Å². The Kier molecular flexibility index (Phi) is 6.29. The van der Waals surface area contributed by atoms with Crippen molar-refractivity contribution in [1.82, 2.24) is 9.97 Å². The Hall–Kier alpha value is -2.43. The largest absolute Gasteiger partial charge is 0.354 e. The highest BCUT2D eigenvalue weighted by atomic mass is 16.1. The van der Waals surface area contributed by atoms with E-state index in [1.807, 2.05) is 24.3 Å². The highest BCUT2D eigenvalue weighted by Gasteiger charge is 2.11. The maximum absolute atomic E-state index is 12.4. The van der Waals surface area contributed by atoms with Crippen LogP contribution in [0.15, 0.2) is 36.7 Å². The molecule has 0 saturated heterocycles. The van der Waals surface area contributed by atoms with Crippen LogP contribution in [0.4, 0.5) is 11.6 Å². The van der Waals surface area contributed by atoms with Crippen LogP contribution in [-0.2, 0) is 0 Å². The Morgan fingerprint density at radius 3 is 2.38 bits per heavy atom. The Labute approximate surface area is 143 Å². The summed E-state index contributed by atoms with van der Waals surface area (Å²) in [6.45, 7) is 9.37. The molecule has 2 aromatic rings. The van der Waals surface area contributed by atoms with Crippen LogP contribution in [0.2, 0.25) is 0 Å². The quantitative estimate of drug-likeness (QED) is 0.795. The van der Waals surface area contributed by atoms with Gasteiger partial charge >= 0.3 is 0 Å². The van der Waals surface area contributed by atoms with Crippen molar-refractivity contribution in [3.63, 3.8) is 0 Å². The molecule has 0 aliphatic carbocycles. The summed E-state index contributed by atoms with van der Waals surface area (Å²) < 4.78 is 0. The van der Waals surface area contributed by atoms with E-state index in [1.165, 1.54) is 0 Å². The number of aromatic nitrogens is 2. The number of nitrogens with one attached hydrogen (secondary N) is 2. The van der Waals surface area contributed by atoms with Gasteiger partial charge in [0.15, 0.2) is 0 Å². The van der Waals surface area contributed by atoms with E-state index in [9.17, 15) is 4.79 Å². The second-order valence-electron chi connectivity index (χ2n) is 6.60. The van der Waals surface area contributed by atoms with Crippen molar-refractivity contribution >= 4 is 17.5 Å². The first-order chi connectivity index (χ1) is 11.5. The molecule has 1 amide bonds. The number of anilines is 2. The number of carbonyl (C=O) groups excluding carboxylic acids is 1. The summed E-state index contributed by atoms with van der Waals surface area (Å²) in [5.41, 5.74) is 2.39. The van der Waals surface area contributed by atoms with Crippen molar-refractivity contribution in [3.8, 4) is 0 Å². The van der Waals surface area contributed by atoms with Gasteiger partial charge in [0.2, 0.25) is 5.95 Å². The molecule has 0 radical (unpaired) electrons. The number of nitrogens with zero attached hydrogens (tertiary/aromatic N) is 2. The summed E-state index contributed by atoms with van der Waals surface area (Å²) in [4.78, 5) is 20.8. The van der Waals surface area contributed by atoms with Crippen molar-refractivity contribution in [1.29, 1.82) is 0 Å². The fourth-order valence-electron chi connectivity index (χ4n) is 2.32. The topological polar surface area (TPSA) is 66.9 Å². The minimum Gasteiger partial charge on any atom is -0.354 e. The lowest BCUT2D eigenvalue weighted by Gasteiger charge is -2.13. The minimum atomic E-state index is -0.197. The maximum atomic E-state index is 12.4. The van der Waals surface area contributed by atoms with Gasteiger partial charge in [-0.1, -0.05) is 45.9 Å². The molecule has 1 aromatic carbocycles. The van der Waals surface area contributed by atoms with E-state index in [2.05, 4.69) is 48.3 Å². The Bertz CT molecular complexity index is 665. The number of hydrogen-bond donors (Lipinski definition) is 2. The van der Waals surface area contributed by atoms with Gasteiger partial charge in [0.05, 0.1) is 5.56 Å². The zero-order valence-corrected chi connectivity index (χ0v) is 14.8. The minimum absolute atomic E-state index is 0.197. The van der Waals surface area contributed by atoms with Crippen molar-refractivity contribution < 1.29 is 4.79 Å². The monoisotopic (exact) mass is 326 g/mol. The van der Waals surface area contributed by atoms with Gasteiger partial charge in [0.1, 0.15) is 0 Å². The number of rotatable bonds is 7. The van der Waals surface area contributed by atoms with E-state index in [0.29, 0.717) is 23.3 Å². The van der Waals surface area contributed by atoms with E-state index >= 15 is 0 Å². The number of benzene rings is 1. The summed E-state index contributed by atoms with van der Waals surface area (Å²) in [5.74, 6) is 1.32. The second-order valence-corrected chi connectivity index (χ2v) is 6.60. The van der Waals surface area contributed by atoms with Crippen LogP contribution in [0.25, 0.3) is 0 Å². The van der Waals surface area contributed by atoms with E-state index in [0.717, 1.165) is 24.2 Å². The average molecular weight is 326 g/mol. The Morgan fingerprint density at radius 2 is 1.75 bits per heavy atom. The smallest absolute Gasteiger partial charge is 0.258 e. The van der Waals surface area contributed by atoms with Crippen molar-refractivity contribution in [2.75, 3.05) is 17.2 Å². The molecule has 0 unspecified atom stereocenters. The van der Waals surface area contributed by atoms with Gasteiger partial charge in [-0.15, -0.1) is 0 Å². The average Bonchev–Trinajstić information content (AvgIpc) is 2.55. The van der Waals surface area contributed by atoms with E-state index in [1.54, 1.807) is 12.4 Å². The van der Waals surface area contributed by atoms with Crippen LogP contribution in [0.5, 0.6) is 0 Å². The normalized spacial score (nSPS) is 10.9. The number of carbonyl (C=O) groups is 1. The fraction of sp³-hybridized carbons (Fsp3) is 0.421. The highest BCUT2D eigenvalue weighted by Crippen LogP contribution is 2.24. The van der Waals surface area contributed by atoms with E-state index < -0.39 is 0 Å². The Morgan fingerprint density at radius 1 is 1.08 bits per heavy atom. The molecule has 128 valence electrons. The summed E-state index contributed by atoms with van der Waals surface area (Å²) >= 11 is 0. The molecule has 5 heteroatoms. The van der Waals surface area contributed by atoms with Gasteiger partial charge in [-0.05, 0) is 29.9 Å².